The third kappa shape index (κ3) is 4.51. The number of carbonyl (C=O) groups excluding carboxylic acids is 1. The minimum atomic E-state index is -0.696. The SMILES string of the molecule is CCc1cc(CCC2(C3CCCC3)CC(O)=C(Cc3nc4ncc(Cl)cn4n3)C(=O)O2)ccn1. The number of carbonyl (C=O) groups is 1. The molecule has 8 nitrogen and oxygen atoms in total. The summed E-state index contributed by atoms with van der Waals surface area (Å²) < 4.78 is 7.68. The number of cyclic esters (lactones) is 1. The maximum atomic E-state index is 13.2. The second-order valence-corrected chi connectivity index (χ2v) is 9.70. The Labute approximate surface area is 203 Å². The van der Waals surface area contributed by atoms with Crippen LogP contribution in [0.2, 0.25) is 5.02 Å². The van der Waals surface area contributed by atoms with Crippen molar-refractivity contribution in [2.24, 2.45) is 5.92 Å². The maximum absolute atomic E-state index is 13.2. The van der Waals surface area contributed by atoms with Gasteiger partial charge in [-0.25, -0.2) is 14.3 Å². The molecule has 178 valence electrons. The summed E-state index contributed by atoms with van der Waals surface area (Å²) in [5.74, 6) is 0.604. The molecule has 9 heteroatoms. The van der Waals surface area contributed by atoms with Crippen LogP contribution < -0.4 is 0 Å². The number of rotatable bonds is 7. The summed E-state index contributed by atoms with van der Waals surface area (Å²) in [5, 5.41) is 15.8. The van der Waals surface area contributed by atoms with Crippen LogP contribution in [0.15, 0.2) is 42.1 Å². The van der Waals surface area contributed by atoms with E-state index in [1.165, 1.54) is 16.3 Å². The highest BCUT2D eigenvalue weighted by molar-refractivity contribution is 6.30. The van der Waals surface area contributed by atoms with E-state index in [4.69, 9.17) is 16.3 Å². The number of aromatic nitrogens is 5. The molecule has 3 aromatic rings. The molecule has 3 aromatic heterocycles. The van der Waals surface area contributed by atoms with Crippen molar-refractivity contribution >= 4 is 23.3 Å². The van der Waals surface area contributed by atoms with Gasteiger partial charge in [0, 0.05) is 24.7 Å². The first kappa shape index (κ1) is 22.8. The van der Waals surface area contributed by atoms with E-state index in [0.29, 0.717) is 29.5 Å². The predicted octanol–water partition coefficient (Wildman–Crippen LogP) is 4.60. The summed E-state index contributed by atoms with van der Waals surface area (Å²) in [4.78, 5) is 26.1. The molecule has 5 rings (SSSR count). The smallest absolute Gasteiger partial charge is 0.338 e. The zero-order valence-corrected chi connectivity index (χ0v) is 20.0. The van der Waals surface area contributed by atoms with Crippen LogP contribution in [0.5, 0.6) is 0 Å². The molecule has 0 spiro atoms. The Kier molecular flexibility index (Phi) is 6.25. The number of hydrogen-bond donors (Lipinski definition) is 1. The van der Waals surface area contributed by atoms with E-state index in [-0.39, 0.29) is 23.7 Å². The van der Waals surface area contributed by atoms with Crippen LogP contribution in [0.4, 0.5) is 0 Å². The number of fused-ring (bicyclic) bond motifs is 1. The first-order valence-electron chi connectivity index (χ1n) is 11.9. The Morgan fingerprint density at radius 1 is 1.29 bits per heavy atom. The van der Waals surface area contributed by atoms with Crippen molar-refractivity contribution in [3.05, 3.63) is 64.2 Å². The summed E-state index contributed by atoms with van der Waals surface area (Å²) >= 11 is 5.97. The lowest BCUT2D eigenvalue weighted by Gasteiger charge is -2.41. The number of pyridine rings is 1. The van der Waals surface area contributed by atoms with E-state index in [2.05, 4.69) is 33.0 Å². The Bertz CT molecular complexity index is 1250. The number of esters is 1. The third-order valence-corrected chi connectivity index (χ3v) is 7.27. The van der Waals surface area contributed by atoms with Gasteiger partial charge in [-0.05, 0) is 55.7 Å². The van der Waals surface area contributed by atoms with Crippen molar-refractivity contribution in [3.8, 4) is 0 Å². The molecule has 0 radical (unpaired) electrons. The lowest BCUT2D eigenvalue weighted by atomic mass is 9.76. The fraction of sp³-hybridized carbons (Fsp3) is 0.480. The molecule has 1 fully saturated rings. The average Bonchev–Trinajstić information content (AvgIpc) is 3.50. The van der Waals surface area contributed by atoms with Gasteiger partial charge in [0.1, 0.15) is 11.4 Å². The van der Waals surface area contributed by atoms with Crippen molar-refractivity contribution in [3.63, 3.8) is 0 Å². The molecule has 4 heterocycles. The highest BCUT2D eigenvalue weighted by atomic mass is 35.5. The maximum Gasteiger partial charge on any atom is 0.338 e. The summed E-state index contributed by atoms with van der Waals surface area (Å²) in [7, 11) is 0. The number of nitrogens with zero attached hydrogens (tertiary/aromatic N) is 5. The molecular formula is C25H28ClN5O3. The predicted molar refractivity (Wildman–Crippen MR) is 126 cm³/mol. The van der Waals surface area contributed by atoms with Gasteiger partial charge in [-0.3, -0.25) is 4.98 Å². The van der Waals surface area contributed by atoms with Gasteiger partial charge in [0.25, 0.3) is 5.78 Å². The zero-order chi connectivity index (χ0) is 23.7. The Morgan fingerprint density at radius 3 is 2.88 bits per heavy atom. The molecule has 1 aliphatic heterocycles. The number of ether oxygens (including phenoxy) is 1. The number of halogens is 1. The molecule has 0 amide bonds. The van der Waals surface area contributed by atoms with Crippen molar-refractivity contribution in [1.82, 2.24) is 24.6 Å². The van der Waals surface area contributed by atoms with Gasteiger partial charge >= 0.3 is 5.97 Å². The van der Waals surface area contributed by atoms with Crippen molar-refractivity contribution in [1.29, 1.82) is 0 Å². The molecule has 1 N–H and O–H groups in total. The molecule has 1 aliphatic carbocycles. The highest BCUT2D eigenvalue weighted by Crippen LogP contribution is 2.46. The van der Waals surface area contributed by atoms with Crippen LogP contribution in [0.1, 0.15) is 62.5 Å². The van der Waals surface area contributed by atoms with Crippen LogP contribution in [0.25, 0.3) is 5.78 Å². The minimum Gasteiger partial charge on any atom is -0.512 e. The normalized spacial score (nSPS) is 21.4. The third-order valence-electron chi connectivity index (χ3n) is 7.08. The van der Waals surface area contributed by atoms with Gasteiger partial charge in [-0.1, -0.05) is 31.4 Å². The Morgan fingerprint density at radius 2 is 2.12 bits per heavy atom. The van der Waals surface area contributed by atoms with Crippen LogP contribution in [0.3, 0.4) is 0 Å². The second-order valence-electron chi connectivity index (χ2n) is 9.27. The van der Waals surface area contributed by atoms with E-state index >= 15 is 0 Å². The Balaban J connectivity index is 1.39. The van der Waals surface area contributed by atoms with Gasteiger partial charge < -0.3 is 9.84 Å². The number of aliphatic hydroxyl groups is 1. The molecule has 1 unspecified atom stereocenters. The van der Waals surface area contributed by atoms with Gasteiger partial charge in [0.05, 0.1) is 23.0 Å². The highest BCUT2D eigenvalue weighted by Gasteiger charge is 2.48. The van der Waals surface area contributed by atoms with Crippen LogP contribution in [-0.4, -0.2) is 41.2 Å². The molecule has 34 heavy (non-hydrogen) atoms. The van der Waals surface area contributed by atoms with Crippen LogP contribution >= 0.6 is 11.6 Å². The van der Waals surface area contributed by atoms with Crippen LogP contribution in [0, 0.1) is 5.92 Å². The molecule has 0 aromatic carbocycles. The van der Waals surface area contributed by atoms with E-state index in [0.717, 1.165) is 44.2 Å². The van der Waals surface area contributed by atoms with E-state index in [1.54, 1.807) is 6.20 Å². The summed E-state index contributed by atoms with van der Waals surface area (Å²) in [6, 6.07) is 4.13. The molecule has 1 saturated carbocycles. The first-order valence-corrected chi connectivity index (χ1v) is 12.3. The summed E-state index contributed by atoms with van der Waals surface area (Å²) in [6.07, 6.45) is 11.9. The van der Waals surface area contributed by atoms with E-state index < -0.39 is 11.6 Å². The van der Waals surface area contributed by atoms with Crippen LogP contribution in [-0.2, 0) is 28.8 Å². The van der Waals surface area contributed by atoms with Crippen molar-refractivity contribution in [2.45, 2.75) is 70.3 Å². The minimum absolute atomic E-state index is 0.0800. The second kappa shape index (κ2) is 9.33. The van der Waals surface area contributed by atoms with Gasteiger partial charge in [0.2, 0.25) is 0 Å². The van der Waals surface area contributed by atoms with Crippen molar-refractivity contribution < 1.29 is 14.6 Å². The monoisotopic (exact) mass is 481 g/mol. The number of hydrogen-bond acceptors (Lipinski definition) is 7. The lowest BCUT2D eigenvalue weighted by Crippen LogP contribution is -2.46. The largest absolute Gasteiger partial charge is 0.512 e. The summed E-state index contributed by atoms with van der Waals surface area (Å²) in [6.45, 7) is 2.09. The molecule has 0 saturated heterocycles. The first-order chi connectivity index (χ1) is 16.5. The quantitative estimate of drug-likeness (QED) is 0.492. The molecule has 0 bridgehead atoms. The fourth-order valence-corrected chi connectivity index (χ4v) is 5.40. The molecule has 2 aliphatic rings. The lowest BCUT2D eigenvalue weighted by molar-refractivity contribution is -0.167. The average molecular weight is 482 g/mol. The number of aryl methyl sites for hydroxylation is 2. The van der Waals surface area contributed by atoms with Gasteiger partial charge in [0.15, 0.2) is 5.82 Å². The topological polar surface area (TPSA) is 102 Å². The van der Waals surface area contributed by atoms with Gasteiger partial charge in [-0.2, -0.15) is 4.98 Å². The fourth-order valence-electron chi connectivity index (χ4n) is 5.26. The van der Waals surface area contributed by atoms with Gasteiger partial charge in [-0.15, -0.1) is 5.10 Å². The Hall–Kier alpha value is -3.00. The molecule has 1 atom stereocenters. The number of aliphatic hydroxyl groups excluding tert-OH is 1. The van der Waals surface area contributed by atoms with Crippen molar-refractivity contribution in [2.75, 3.05) is 0 Å². The zero-order valence-electron chi connectivity index (χ0n) is 19.2. The molecular weight excluding hydrogens is 454 g/mol. The van der Waals surface area contributed by atoms with E-state index in [9.17, 15) is 9.90 Å². The standard InChI is InChI=1S/C25H28ClN5O3/c1-2-19-11-16(8-10-27-19)7-9-25(17-5-3-4-6-17)13-21(32)20(23(33)34-25)12-22-29-24-28-14-18(26)15-31(24)30-22/h8,10-11,14-15,17,32H,2-7,9,12-13H2,1H3. The van der Waals surface area contributed by atoms with E-state index in [1.807, 2.05) is 12.3 Å². The summed E-state index contributed by atoms with van der Waals surface area (Å²) in [5.41, 5.74) is 1.74.